The van der Waals surface area contributed by atoms with E-state index in [-0.39, 0.29) is 0 Å². The fourth-order valence-electron chi connectivity index (χ4n) is 8.47. The molecule has 0 aromatic carbocycles. The second-order valence-corrected chi connectivity index (χ2v) is 20.4. The number of rotatable bonds is 0. The van der Waals surface area contributed by atoms with Gasteiger partial charge in [0.15, 0.2) is 5.65 Å². The maximum atomic E-state index is 4.26. The van der Waals surface area contributed by atoms with Crippen molar-refractivity contribution in [3.05, 3.63) is 204 Å². The molecule has 80 heavy (non-hydrogen) atoms. The Bertz CT molecular complexity index is 3570. The minimum Gasteiger partial charge on any atom is -0.350 e. The maximum Gasteiger partial charge on any atom is 0.158 e. The SMILES string of the molecule is Cc1cc2cccnc2n1C.Cc1cc2ccncc2n1C.Cc1cc2cnccc2n1C.Cc1cc2cnncc2n1C.Cc1cc2ncccc2n1C.Cc1cc2nccnc2n1C.Cc1ccnn1C.Cc1cpcn1C. The van der Waals surface area contributed by atoms with Crippen LogP contribution < -0.4 is 0 Å². The molecule has 0 aliphatic rings. The van der Waals surface area contributed by atoms with Crippen LogP contribution in [0.15, 0.2) is 159 Å². The van der Waals surface area contributed by atoms with Crippen molar-refractivity contribution >= 4 is 74.1 Å². The Morgan fingerprint density at radius 1 is 0.350 bits per heavy atom. The van der Waals surface area contributed by atoms with Gasteiger partial charge in [0.05, 0.1) is 46.2 Å². The van der Waals surface area contributed by atoms with Gasteiger partial charge in [0, 0.05) is 179 Å². The molecule has 0 saturated carbocycles. The zero-order valence-electron chi connectivity index (χ0n) is 49.1. The summed E-state index contributed by atoms with van der Waals surface area (Å²) in [7, 11) is 17.5. The molecule has 0 atom stereocenters. The first-order valence-corrected chi connectivity index (χ1v) is 27.2. The van der Waals surface area contributed by atoms with Crippen LogP contribution in [0.4, 0.5) is 0 Å². The quantitative estimate of drug-likeness (QED) is 0.144. The molecule has 14 aromatic heterocycles. The summed E-state index contributed by atoms with van der Waals surface area (Å²) in [5.74, 6) is 4.31. The smallest absolute Gasteiger partial charge is 0.158 e. The van der Waals surface area contributed by atoms with E-state index in [9.17, 15) is 0 Å². The topological polar surface area (TPSA) is 155 Å². The highest BCUT2D eigenvalue weighted by molar-refractivity contribution is 7.28. The number of aryl methyl sites for hydroxylation is 16. The molecule has 0 aliphatic carbocycles. The highest BCUT2D eigenvalue weighted by Gasteiger charge is 2.05. The normalized spacial score (nSPS) is 10.6. The van der Waals surface area contributed by atoms with E-state index in [1.807, 2.05) is 125 Å². The fourth-order valence-corrected chi connectivity index (χ4v) is 9.32. The molecule has 17 nitrogen and oxygen atoms in total. The summed E-state index contributed by atoms with van der Waals surface area (Å²) in [5, 5.41) is 16.4. The van der Waals surface area contributed by atoms with Gasteiger partial charge in [-0.05, 0) is 140 Å². The molecule has 0 aliphatic heterocycles. The molecule has 0 unspecified atom stereocenters. The van der Waals surface area contributed by atoms with Gasteiger partial charge in [0.2, 0.25) is 0 Å². The summed E-state index contributed by atoms with van der Waals surface area (Å²) in [6, 6.07) is 26.8. The van der Waals surface area contributed by atoms with Gasteiger partial charge in [0.25, 0.3) is 0 Å². The summed E-state index contributed by atoms with van der Waals surface area (Å²) in [6.07, 6.45) is 19.8. The molecular formula is C62H74N17P. The Kier molecular flexibility index (Phi) is 19.8. The first-order chi connectivity index (χ1) is 38.3. The van der Waals surface area contributed by atoms with Gasteiger partial charge < -0.3 is 32.0 Å². The van der Waals surface area contributed by atoms with E-state index in [1.165, 1.54) is 86.5 Å². The Labute approximate surface area is 470 Å². The highest BCUT2D eigenvalue weighted by Crippen LogP contribution is 2.19. The lowest BCUT2D eigenvalue weighted by Crippen LogP contribution is -1.91. The number of hydrogen-bond donors (Lipinski definition) is 0. The Hall–Kier alpha value is -9.08. The van der Waals surface area contributed by atoms with Crippen molar-refractivity contribution in [2.75, 3.05) is 0 Å². The van der Waals surface area contributed by atoms with Gasteiger partial charge in [0.1, 0.15) is 11.2 Å². The van der Waals surface area contributed by atoms with Crippen LogP contribution in [-0.2, 0) is 56.4 Å². The molecule has 14 aromatic rings. The lowest BCUT2D eigenvalue weighted by molar-refractivity contribution is 0.740. The lowest BCUT2D eigenvalue weighted by atomic mass is 10.3. The molecule has 0 amide bonds. The average molecular weight is 1090 g/mol. The van der Waals surface area contributed by atoms with Gasteiger partial charge in [-0.15, -0.1) is 0 Å². The van der Waals surface area contributed by atoms with Crippen molar-refractivity contribution in [3.8, 4) is 0 Å². The molecule has 0 radical (unpaired) electrons. The molecule has 14 heterocycles. The third kappa shape index (κ3) is 14.3. The van der Waals surface area contributed by atoms with Crippen molar-refractivity contribution in [2.24, 2.45) is 56.4 Å². The molecule has 0 fully saturated rings. The summed E-state index contributed by atoms with van der Waals surface area (Å²) in [5.41, 5.74) is 18.8. The molecule has 0 N–H and O–H groups in total. The van der Waals surface area contributed by atoms with Crippen LogP contribution >= 0.6 is 8.19 Å². The van der Waals surface area contributed by atoms with Crippen molar-refractivity contribution in [1.82, 2.24) is 81.9 Å². The van der Waals surface area contributed by atoms with E-state index in [2.05, 4.69) is 197 Å². The van der Waals surface area contributed by atoms with Crippen LogP contribution in [0.1, 0.15) is 45.6 Å². The standard InChI is InChI=1S/4C9H10N2.2C8H9N3.C5H8N2.C5H8NP/c1-7-5-8-6-10-4-3-9(8)11(7)2;1-7-5-8-3-4-10-6-9(8)11(7)2;1-7-6-8-9(11(7)2)4-3-5-10-8;1-7-6-8-4-3-5-10-9(8)11(7)2;1-6-3-7-4-9-10-5-8(7)11(6)2;1-6-5-7-8(11(6)2)10-4-3-9-7;1-5-3-4-6-7(5)2;1-5-3-7-4-6(5)2/h4*3-6H,1-2H3;2*3-5H,1-2H3;2*3-4H,1-2H3. The third-order valence-corrected chi connectivity index (χ3v) is 15.3. The summed E-state index contributed by atoms with van der Waals surface area (Å²) >= 11 is 0. The predicted molar refractivity (Wildman–Crippen MR) is 329 cm³/mol. The number of fused-ring (bicyclic) bond motifs is 6. The molecule has 412 valence electrons. The summed E-state index contributed by atoms with van der Waals surface area (Å²) in [6.45, 7) is 16.6. The molecule has 0 saturated heterocycles. The first kappa shape index (κ1) is 58.6. The van der Waals surface area contributed by atoms with Crippen molar-refractivity contribution in [3.63, 3.8) is 0 Å². The Morgan fingerprint density at radius 2 is 0.863 bits per heavy atom. The van der Waals surface area contributed by atoms with E-state index in [4.69, 9.17) is 0 Å². The van der Waals surface area contributed by atoms with Crippen molar-refractivity contribution < 1.29 is 0 Å². The average Bonchev–Trinajstić information content (AvgIpc) is 4.38. The zero-order chi connectivity index (χ0) is 57.6. The van der Waals surface area contributed by atoms with Crippen molar-refractivity contribution in [1.29, 1.82) is 0 Å². The lowest BCUT2D eigenvalue weighted by Gasteiger charge is -1.96. The van der Waals surface area contributed by atoms with Crippen LogP contribution in [0.3, 0.4) is 0 Å². The molecule has 0 bridgehead atoms. The number of aromatic nitrogens is 17. The maximum absolute atomic E-state index is 4.26. The highest BCUT2D eigenvalue weighted by atomic mass is 31.0. The molecule has 0 spiro atoms. The fraction of sp³-hybridized carbons (Fsp3) is 0.258. The zero-order valence-corrected chi connectivity index (χ0v) is 50.0. The first-order valence-electron chi connectivity index (χ1n) is 26.1. The second-order valence-electron chi connectivity index (χ2n) is 19.6. The van der Waals surface area contributed by atoms with E-state index >= 15 is 0 Å². The van der Waals surface area contributed by atoms with E-state index in [0.29, 0.717) is 0 Å². The molecule has 18 heteroatoms. The second kappa shape index (κ2) is 27.0. The van der Waals surface area contributed by atoms with Crippen LogP contribution in [0.25, 0.3) is 65.9 Å². The Morgan fingerprint density at radius 3 is 1.44 bits per heavy atom. The minimum atomic E-state index is 0.949. The monoisotopic (exact) mass is 1090 g/mol. The number of hydrogen-bond acceptors (Lipinski definition) is 9. The van der Waals surface area contributed by atoms with E-state index in [1.54, 1.807) is 31.0 Å². The van der Waals surface area contributed by atoms with Crippen LogP contribution in [0.5, 0.6) is 0 Å². The minimum absolute atomic E-state index is 0.949. The largest absolute Gasteiger partial charge is 0.350 e. The molecular weight excluding hydrogens is 1010 g/mol. The van der Waals surface area contributed by atoms with Crippen LogP contribution in [-0.4, -0.2) is 81.9 Å². The van der Waals surface area contributed by atoms with Gasteiger partial charge in [-0.3, -0.25) is 24.6 Å². The van der Waals surface area contributed by atoms with Gasteiger partial charge in [-0.1, -0.05) is 8.19 Å². The van der Waals surface area contributed by atoms with Crippen LogP contribution in [0, 0.1) is 55.4 Å². The van der Waals surface area contributed by atoms with E-state index in [0.717, 1.165) is 33.2 Å². The predicted octanol–water partition coefficient (Wildman–Crippen LogP) is 12.7. The molecule has 14 rings (SSSR count). The van der Waals surface area contributed by atoms with E-state index < -0.39 is 0 Å². The van der Waals surface area contributed by atoms with Crippen LogP contribution in [0.2, 0.25) is 0 Å². The number of nitrogens with zero attached hydrogens (tertiary/aromatic N) is 17. The van der Waals surface area contributed by atoms with Crippen molar-refractivity contribution in [2.45, 2.75) is 55.4 Å². The van der Waals surface area contributed by atoms with Gasteiger partial charge in [-0.25, -0.2) is 9.97 Å². The number of pyridine rings is 4. The third-order valence-electron chi connectivity index (χ3n) is 14.3. The Balaban J connectivity index is 0.000000133. The summed E-state index contributed by atoms with van der Waals surface area (Å²) in [4.78, 5) is 25.0. The summed E-state index contributed by atoms with van der Waals surface area (Å²) < 4.78 is 16.6. The van der Waals surface area contributed by atoms with Gasteiger partial charge >= 0.3 is 0 Å². The van der Waals surface area contributed by atoms with Gasteiger partial charge in [-0.2, -0.15) is 15.3 Å².